The van der Waals surface area contributed by atoms with Gasteiger partial charge in [0.15, 0.2) is 0 Å². The molecule has 0 N–H and O–H groups in total. The Balaban J connectivity index is 1.40. The lowest BCUT2D eigenvalue weighted by molar-refractivity contribution is 0.0763. The Kier molecular flexibility index (Phi) is 4.15. The molecule has 25 heavy (non-hydrogen) atoms. The average Bonchev–Trinajstić information content (AvgIpc) is 3.00. The fraction of sp³-hybridized carbons (Fsp3) is 0.333. The Hall–Kier alpha value is -2.80. The predicted octanol–water partition coefficient (Wildman–Crippen LogP) is 1.73. The molecule has 4 rings (SSSR count). The van der Waals surface area contributed by atoms with Crippen LogP contribution in [0.15, 0.2) is 52.2 Å². The van der Waals surface area contributed by atoms with Gasteiger partial charge in [0.05, 0.1) is 18.4 Å². The molecule has 0 unspecified atom stereocenters. The van der Waals surface area contributed by atoms with Crippen molar-refractivity contribution in [3.05, 3.63) is 64.5 Å². The van der Waals surface area contributed by atoms with Crippen molar-refractivity contribution in [3.63, 3.8) is 0 Å². The minimum atomic E-state index is -0.0685. The summed E-state index contributed by atoms with van der Waals surface area (Å²) in [6.45, 7) is 5.27. The SMILES string of the molecule is Cc1oncc1CN1CC(Cn2nc(-c3cccnc3)ccc2=O)C1. The van der Waals surface area contributed by atoms with E-state index in [2.05, 4.69) is 20.1 Å². The summed E-state index contributed by atoms with van der Waals surface area (Å²) >= 11 is 0. The number of hydrogen-bond donors (Lipinski definition) is 0. The molecule has 7 heteroatoms. The van der Waals surface area contributed by atoms with Gasteiger partial charge in [0, 0.05) is 55.1 Å². The molecule has 1 saturated heterocycles. The van der Waals surface area contributed by atoms with Crippen molar-refractivity contribution in [2.24, 2.45) is 5.92 Å². The maximum atomic E-state index is 12.1. The van der Waals surface area contributed by atoms with Crippen LogP contribution < -0.4 is 5.56 Å². The zero-order chi connectivity index (χ0) is 17.2. The first-order valence-corrected chi connectivity index (χ1v) is 8.30. The molecular weight excluding hydrogens is 318 g/mol. The second-order valence-electron chi connectivity index (χ2n) is 6.45. The summed E-state index contributed by atoms with van der Waals surface area (Å²) in [7, 11) is 0. The van der Waals surface area contributed by atoms with E-state index in [4.69, 9.17) is 4.52 Å². The first kappa shape index (κ1) is 15.7. The van der Waals surface area contributed by atoms with Crippen LogP contribution in [0.1, 0.15) is 11.3 Å². The van der Waals surface area contributed by atoms with Gasteiger partial charge in [-0.05, 0) is 25.1 Å². The van der Waals surface area contributed by atoms with Crippen LogP contribution in [0.25, 0.3) is 11.3 Å². The van der Waals surface area contributed by atoms with E-state index in [1.807, 2.05) is 19.1 Å². The summed E-state index contributed by atoms with van der Waals surface area (Å²) in [6.07, 6.45) is 5.25. The molecule has 1 aliphatic heterocycles. The fourth-order valence-corrected chi connectivity index (χ4v) is 3.13. The summed E-state index contributed by atoms with van der Waals surface area (Å²) in [6, 6.07) is 7.13. The summed E-state index contributed by atoms with van der Waals surface area (Å²) in [5.41, 5.74) is 2.73. The number of pyridine rings is 1. The Morgan fingerprint density at radius 2 is 2.12 bits per heavy atom. The number of nitrogens with zero attached hydrogens (tertiary/aromatic N) is 5. The van der Waals surface area contributed by atoms with Crippen molar-refractivity contribution in [2.45, 2.75) is 20.0 Å². The maximum Gasteiger partial charge on any atom is 0.266 e. The molecule has 0 bridgehead atoms. The van der Waals surface area contributed by atoms with E-state index in [1.165, 1.54) is 0 Å². The first-order chi connectivity index (χ1) is 12.2. The Morgan fingerprint density at radius 3 is 2.84 bits per heavy atom. The molecule has 0 radical (unpaired) electrons. The van der Waals surface area contributed by atoms with Gasteiger partial charge in [-0.1, -0.05) is 5.16 Å². The molecular formula is C18H19N5O2. The number of rotatable bonds is 5. The number of hydrogen-bond acceptors (Lipinski definition) is 6. The molecule has 1 fully saturated rings. The molecule has 1 aliphatic rings. The van der Waals surface area contributed by atoms with Gasteiger partial charge in [-0.2, -0.15) is 5.10 Å². The van der Waals surface area contributed by atoms with Gasteiger partial charge in [-0.15, -0.1) is 0 Å². The second kappa shape index (κ2) is 6.60. The van der Waals surface area contributed by atoms with Crippen molar-refractivity contribution in [1.29, 1.82) is 0 Å². The summed E-state index contributed by atoms with van der Waals surface area (Å²) in [5, 5.41) is 8.31. The zero-order valence-corrected chi connectivity index (χ0v) is 14.0. The highest BCUT2D eigenvalue weighted by molar-refractivity contribution is 5.56. The third-order valence-corrected chi connectivity index (χ3v) is 4.53. The second-order valence-corrected chi connectivity index (χ2v) is 6.45. The lowest BCUT2D eigenvalue weighted by Crippen LogP contribution is -2.48. The van der Waals surface area contributed by atoms with E-state index >= 15 is 0 Å². The normalized spacial score (nSPS) is 15.2. The minimum Gasteiger partial charge on any atom is -0.361 e. The van der Waals surface area contributed by atoms with Gasteiger partial charge < -0.3 is 4.52 Å². The van der Waals surface area contributed by atoms with Crippen molar-refractivity contribution >= 4 is 0 Å². The molecule has 0 saturated carbocycles. The van der Waals surface area contributed by atoms with Crippen LogP contribution in [0.2, 0.25) is 0 Å². The third kappa shape index (κ3) is 3.36. The van der Waals surface area contributed by atoms with E-state index in [0.29, 0.717) is 12.5 Å². The van der Waals surface area contributed by atoms with Gasteiger partial charge in [-0.3, -0.25) is 14.7 Å². The largest absolute Gasteiger partial charge is 0.361 e. The third-order valence-electron chi connectivity index (χ3n) is 4.53. The Bertz CT molecular complexity index is 912. The van der Waals surface area contributed by atoms with Crippen LogP contribution in [0.4, 0.5) is 0 Å². The van der Waals surface area contributed by atoms with Crippen LogP contribution >= 0.6 is 0 Å². The van der Waals surface area contributed by atoms with Crippen LogP contribution in [0.3, 0.4) is 0 Å². The molecule has 0 atom stereocenters. The number of likely N-dealkylation sites (tertiary alicyclic amines) is 1. The molecule has 0 amide bonds. The lowest BCUT2D eigenvalue weighted by atomic mass is 9.99. The van der Waals surface area contributed by atoms with Gasteiger partial charge in [0.1, 0.15) is 5.76 Å². The zero-order valence-electron chi connectivity index (χ0n) is 14.0. The molecule has 3 aromatic rings. The smallest absolute Gasteiger partial charge is 0.266 e. The van der Waals surface area contributed by atoms with Gasteiger partial charge in [0.25, 0.3) is 5.56 Å². The highest BCUT2D eigenvalue weighted by atomic mass is 16.5. The van der Waals surface area contributed by atoms with E-state index in [0.717, 1.165) is 42.2 Å². The van der Waals surface area contributed by atoms with Crippen molar-refractivity contribution in [2.75, 3.05) is 13.1 Å². The standard InChI is InChI=1S/C18H19N5O2/c1-13-16(8-20-25-13)12-22-9-14(10-22)11-23-18(24)5-4-17(21-23)15-3-2-6-19-7-15/h2-8,14H,9-12H2,1H3. The van der Waals surface area contributed by atoms with Gasteiger partial charge in [0.2, 0.25) is 0 Å². The van der Waals surface area contributed by atoms with E-state index in [9.17, 15) is 4.79 Å². The molecule has 128 valence electrons. The Labute approximate surface area is 144 Å². The van der Waals surface area contributed by atoms with Crippen LogP contribution in [-0.4, -0.2) is 37.9 Å². The monoisotopic (exact) mass is 337 g/mol. The summed E-state index contributed by atoms with van der Waals surface area (Å²) < 4.78 is 6.65. The molecule has 0 aliphatic carbocycles. The predicted molar refractivity (Wildman–Crippen MR) is 91.7 cm³/mol. The average molecular weight is 337 g/mol. The molecule has 0 aromatic carbocycles. The van der Waals surface area contributed by atoms with Crippen LogP contribution in [0.5, 0.6) is 0 Å². The van der Waals surface area contributed by atoms with Crippen molar-refractivity contribution in [3.8, 4) is 11.3 Å². The van der Waals surface area contributed by atoms with Crippen LogP contribution in [-0.2, 0) is 13.1 Å². The Morgan fingerprint density at radius 1 is 1.24 bits per heavy atom. The van der Waals surface area contributed by atoms with Crippen molar-refractivity contribution in [1.82, 2.24) is 24.8 Å². The van der Waals surface area contributed by atoms with E-state index in [-0.39, 0.29) is 5.56 Å². The molecule has 4 heterocycles. The summed E-state index contributed by atoms with van der Waals surface area (Å²) in [4.78, 5) is 18.5. The topological polar surface area (TPSA) is 77.1 Å². The van der Waals surface area contributed by atoms with Crippen LogP contribution in [0, 0.1) is 12.8 Å². The molecule has 3 aromatic heterocycles. The lowest BCUT2D eigenvalue weighted by Gasteiger charge is -2.39. The maximum absolute atomic E-state index is 12.1. The number of aromatic nitrogens is 4. The van der Waals surface area contributed by atoms with Gasteiger partial charge in [-0.25, -0.2) is 4.68 Å². The highest BCUT2D eigenvalue weighted by Gasteiger charge is 2.28. The minimum absolute atomic E-state index is 0.0685. The fourth-order valence-electron chi connectivity index (χ4n) is 3.13. The van der Waals surface area contributed by atoms with Gasteiger partial charge >= 0.3 is 0 Å². The highest BCUT2D eigenvalue weighted by Crippen LogP contribution is 2.21. The first-order valence-electron chi connectivity index (χ1n) is 8.30. The molecule has 0 spiro atoms. The number of aryl methyl sites for hydroxylation is 1. The van der Waals surface area contributed by atoms with Crippen molar-refractivity contribution < 1.29 is 4.52 Å². The van der Waals surface area contributed by atoms with E-state index < -0.39 is 0 Å². The molecule has 7 nitrogen and oxygen atoms in total. The van der Waals surface area contributed by atoms with E-state index in [1.54, 1.807) is 35.4 Å². The quantitative estimate of drug-likeness (QED) is 0.706. The summed E-state index contributed by atoms with van der Waals surface area (Å²) in [5.74, 6) is 1.29.